The molecule has 5 aromatic rings. The zero-order chi connectivity index (χ0) is 23.7. The highest BCUT2D eigenvalue weighted by Crippen LogP contribution is 2.31. The van der Waals surface area contributed by atoms with Gasteiger partial charge in [-0.3, -0.25) is 4.98 Å². The molecule has 11 heteroatoms. The van der Waals surface area contributed by atoms with Gasteiger partial charge in [0.15, 0.2) is 17.1 Å². The largest absolute Gasteiger partial charge is 0.467 e. The van der Waals surface area contributed by atoms with Gasteiger partial charge in [-0.15, -0.1) is 15.3 Å². The van der Waals surface area contributed by atoms with Gasteiger partial charge in [0.25, 0.3) is 0 Å². The van der Waals surface area contributed by atoms with E-state index >= 15 is 0 Å². The smallest absolute Gasteiger partial charge is 0.339 e. The summed E-state index contributed by atoms with van der Waals surface area (Å²) in [6.45, 7) is 2.14. The molecule has 4 heterocycles. The lowest BCUT2D eigenvalue weighted by atomic mass is 10.2. The van der Waals surface area contributed by atoms with Crippen molar-refractivity contribution in [2.75, 3.05) is 14.2 Å². The van der Waals surface area contributed by atoms with Crippen molar-refractivity contribution in [1.82, 2.24) is 30.0 Å². The first-order valence-corrected chi connectivity index (χ1v) is 10.4. The van der Waals surface area contributed by atoms with Crippen LogP contribution in [0.5, 0.6) is 5.88 Å². The average molecular weight is 460 g/mol. The van der Waals surface area contributed by atoms with Crippen LogP contribution in [-0.4, -0.2) is 50.1 Å². The van der Waals surface area contributed by atoms with Crippen molar-refractivity contribution in [3.8, 4) is 17.4 Å². The van der Waals surface area contributed by atoms with Gasteiger partial charge in [0.1, 0.15) is 12.7 Å². The van der Waals surface area contributed by atoms with Crippen LogP contribution in [-0.2, 0) is 16.1 Å². The molecule has 4 aromatic heterocycles. The van der Waals surface area contributed by atoms with Gasteiger partial charge >= 0.3 is 5.97 Å². The summed E-state index contributed by atoms with van der Waals surface area (Å²) in [5.74, 6) is 0.884. The van der Waals surface area contributed by atoms with Gasteiger partial charge in [0, 0.05) is 30.1 Å². The maximum absolute atomic E-state index is 11.7. The first-order valence-electron chi connectivity index (χ1n) is 10.4. The SMILES string of the molecule is COCc1cc(-c2nnc3c4ccccc4c(OC(C)c4ccc(C(=O)OC)cn4)nn23)no1. The Morgan fingerprint density at radius 1 is 1.12 bits per heavy atom. The number of hydrogen-bond acceptors (Lipinski definition) is 10. The van der Waals surface area contributed by atoms with Gasteiger partial charge in [-0.25, -0.2) is 4.79 Å². The van der Waals surface area contributed by atoms with E-state index in [1.807, 2.05) is 31.2 Å². The lowest BCUT2D eigenvalue weighted by Crippen LogP contribution is -2.10. The number of carbonyl (C=O) groups excluding carboxylic acids is 1. The van der Waals surface area contributed by atoms with Crippen LogP contribution >= 0.6 is 0 Å². The molecule has 0 spiro atoms. The molecule has 0 bridgehead atoms. The molecule has 0 aliphatic carbocycles. The monoisotopic (exact) mass is 460 g/mol. The van der Waals surface area contributed by atoms with E-state index in [9.17, 15) is 4.79 Å². The fourth-order valence-electron chi connectivity index (χ4n) is 3.54. The first-order chi connectivity index (χ1) is 16.6. The van der Waals surface area contributed by atoms with Crippen molar-refractivity contribution in [3.05, 3.63) is 65.7 Å². The highest BCUT2D eigenvalue weighted by molar-refractivity contribution is 5.97. The van der Waals surface area contributed by atoms with Gasteiger partial charge in [-0.1, -0.05) is 23.4 Å². The van der Waals surface area contributed by atoms with Crippen molar-refractivity contribution in [1.29, 1.82) is 0 Å². The second-order valence-corrected chi connectivity index (χ2v) is 7.44. The molecule has 1 unspecified atom stereocenters. The number of nitrogens with zero attached hydrogens (tertiary/aromatic N) is 6. The lowest BCUT2D eigenvalue weighted by Gasteiger charge is -2.15. The highest BCUT2D eigenvalue weighted by atomic mass is 16.5. The molecule has 34 heavy (non-hydrogen) atoms. The Hall–Kier alpha value is -4.38. The predicted octanol–water partition coefficient (Wildman–Crippen LogP) is 3.40. The Morgan fingerprint density at radius 3 is 2.68 bits per heavy atom. The molecule has 0 aliphatic rings. The maximum atomic E-state index is 11.7. The molecule has 0 saturated heterocycles. The highest BCUT2D eigenvalue weighted by Gasteiger charge is 2.20. The van der Waals surface area contributed by atoms with Crippen molar-refractivity contribution < 1.29 is 23.5 Å². The third-order valence-electron chi connectivity index (χ3n) is 5.22. The Balaban J connectivity index is 1.55. The van der Waals surface area contributed by atoms with Crippen LogP contribution < -0.4 is 4.74 Å². The Kier molecular flexibility index (Phi) is 5.60. The molecule has 172 valence electrons. The first kappa shape index (κ1) is 21.5. The van der Waals surface area contributed by atoms with Gasteiger partial charge in [-0.2, -0.15) is 4.52 Å². The number of carbonyl (C=O) groups is 1. The van der Waals surface area contributed by atoms with E-state index in [4.69, 9.17) is 18.7 Å². The van der Waals surface area contributed by atoms with Crippen molar-refractivity contribution in [3.63, 3.8) is 0 Å². The summed E-state index contributed by atoms with van der Waals surface area (Å²) in [4.78, 5) is 16.0. The summed E-state index contributed by atoms with van der Waals surface area (Å²) in [5, 5.41) is 18.9. The van der Waals surface area contributed by atoms with Crippen LogP contribution in [0.4, 0.5) is 0 Å². The van der Waals surface area contributed by atoms with E-state index < -0.39 is 12.1 Å². The molecule has 0 N–H and O–H groups in total. The van der Waals surface area contributed by atoms with Crippen molar-refractivity contribution in [2.24, 2.45) is 0 Å². The van der Waals surface area contributed by atoms with Gasteiger partial charge in [0.05, 0.1) is 18.4 Å². The van der Waals surface area contributed by atoms with Crippen LogP contribution in [0.25, 0.3) is 27.9 Å². The molecule has 1 atom stereocenters. The number of methoxy groups -OCH3 is 2. The zero-order valence-corrected chi connectivity index (χ0v) is 18.6. The van der Waals surface area contributed by atoms with E-state index in [1.165, 1.54) is 13.3 Å². The summed E-state index contributed by atoms with van der Waals surface area (Å²) in [6.07, 6.45) is 0.996. The second kappa shape index (κ2) is 8.87. The fraction of sp³-hybridized carbons (Fsp3) is 0.217. The van der Waals surface area contributed by atoms with Crippen molar-refractivity contribution in [2.45, 2.75) is 19.6 Å². The molecule has 11 nitrogen and oxygen atoms in total. The average Bonchev–Trinajstić information content (AvgIpc) is 3.51. The zero-order valence-electron chi connectivity index (χ0n) is 18.6. The van der Waals surface area contributed by atoms with E-state index in [1.54, 1.807) is 29.8 Å². The minimum absolute atomic E-state index is 0.285. The number of fused-ring (bicyclic) bond motifs is 3. The molecular weight excluding hydrogens is 440 g/mol. The lowest BCUT2D eigenvalue weighted by molar-refractivity contribution is 0.0600. The second-order valence-electron chi connectivity index (χ2n) is 7.44. The summed E-state index contributed by atoms with van der Waals surface area (Å²) in [6, 6.07) is 12.7. The predicted molar refractivity (Wildman–Crippen MR) is 119 cm³/mol. The minimum atomic E-state index is -0.458. The Morgan fingerprint density at radius 2 is 1.94 bits per heavy atom. The maximum Gasteiger partial charge on any atom is 0.339 e. The van der Waals surface area contributed by atoms with Crippen LogP contribution in [0.1, 0.15) is 34.8 Å². The van der Waals surface area contributed by atoms with E-state index in [0.29, 0.717) is 40.1 Å². The summed E-state index contributed by atoms with van der Waals surface area (Å²) in [7, 11) is 2.90. The van der Waals surface area contributed by atoms with Crippen LogP contribution in [0.15, 0.2) is 53.2 Å². The third kappa shape index (κ3) is 3.82. The Labute approximate surface area is 193 Å². The normalized spacial score (nSPS) is 12.2. The fourth-order valence-corrected chi connectivity index (χ4v) is 3.54. The summed E-state index contributed by atoms with van der Waals surface area (Å²) < 4.78 is 22.9. The minimum Gasteiger partial charge on any atom is -0.467 e. The summed E-state index contributed by atoms with van der Waals surface area (Å²) >= 11 is 0. The van der Waals surface area contributed by atoms with Crippen LogP contribution in [0.3, 0.4) is 0 Å². The van der Waals surface area contributed by atoms with Crippen LogP contribution in [0, 0.1) is 0 Å². The Bertz CT molecular complexity index is 1480. The number of rotatable bonds is 7. The van der Waals surface area contributed by atoms with Gasteiger partial charge in [0.2, 0.25) is 11.7 Å². The molecule has 0 radical (unpaired) electrons. The number of hydrogen-bond donors (Lipinski definition) is 0. The van der Waals surface area contributed by atoms with Crippen molar-refractivity contribution >= 4 is 22.4 Å². The van der Waals surface area contributed by atoms with E-state index in [0.717, 1.165) is 10.8 Å². The van der Waals surface area contributed by atoms with E-state index in [2.05, 4.69) is 25.4 Å². The molecule has 0 fully saturated rings. The molecular formula is C23H20N6O5. The summed E-state index contributed by atoms with van der Waals surface area (Å²) in [5.41, 5.74) is 2.02. The van der Waals surface area contributed by atoms with Crippen LogP contribution in [0.2, 0.25) is 0 Å². The van der Waals surface area contributed by atoms with E-state index in [-0.39, 0.29) is 6.61 Å². The number of esters is 1. The standard InChI is InChI=1S/C23H20N6O5/c1-13(18-9-8-14(11-24-18)23(30)32-3)33-22-17-7-5-4-6-16(17)20-25-26-21(29(20)27-22)19-10-15(12-31-2)34-28-19/h4-11,13H,12H2,1-3H3. The molecule has 0 amide bonds. The molecule has 5 rings (SSSR count). The molecule has 1 aromatic carbocycles. The number of aromatic nitrogens is 6. The quantitative estimate of drug-likeness (QED) is 0.333. The topological polar surface area (TPSA) is 127 Å². The molecule has 0 saturated carbocycles. The third-order valence-corrected chi connectivity index (χ3v) is 5.22. The number of benzene rings is 1. The van der Waals surface area contributed by atoms with Gasteiger partial charge < -0.3 is 18.7 Å². The number of pyridine rings is 1. The molecule has 0 aliphatic heterocycles. The van der Waals surface area contributed by atoms with Gasteiger partial charge in [-0.05, 0) is 25.1 Å². The number of ether oxygens (including phenoxy) is 3.